The van der Waals surface area contributed by atoms with Gasteiger partial charge in [0.05, 0.1) is 13.2 Å². The first-order chi connectivity index (χ1) is 14.8. The quantitative estimate of drug-likeness (QED) is 0.539. The molecule has 1 atom stereocenters. The van der Waals surface area contributed by atoms with Crippen molar-refractivity contribution in [1.29, 1.82) is 0 Å². The molecule has 7 nitrogen and oxygen atoms in total. The average Bonchev–Trinajstić information content (AvgIpc) is 3.52. The van der Waals surface area contributed by atoms with Gasteiger partial charge in [0.25, 0.3) is 18.8 Å². The van der Waals surface area contributed by atoms with Crippen LogP contribution in [-0.2, 0) is 14.3 Å². The molecule has 2 amide bonds. The van der Waals surface area contributed by atoms with Gasteiger partial charge in [-0.2, -0.15) is 0 Å². The van der Waals surface area contributed by atoms with Crippen LogP contribution in [0.25, 0.3) is 0 Å². The van der Waals surface area contributed by atoms with Gasteiger partial charge in [-0.3, -0.25) is 14.5 Å². The van der Waals surface area contributed by atoms with Crippen molar-refractivity contribution < 1.29 is 31.9 Å². The van der Waals surface area contributed by atoms with Crippen molar-refractivity contribution in [2.45, 2.75) is 31.7 Å². The fourth-order valence-corrected chi connectivity index (χ4v) is 3.58. The van der Waals surface area contributed by atoms with Gasteiger partial charge < -0.3 is 20.7 Å². The molecule has 1 aromatic carbocycles. The third-order valence-corrected chi connectivity index (χ3v) is 5.35. The van der Waals surface area contributed by atoms with Crippen molar-refractivity contribution in [3.63, 3.8) is 0 Å². The Kier molecular flexibility index (Phi) is 7.84. The summed E-state index contributed by atoms with van der Waals surface area (Å²) in [7, 11) is 0. The SMILES string of the molecule is NC[C@@H](C(=O)Nc1ccc(N2CCOCC2=O)cc1C(F)F)N(CC(F)F)CC1CC1. The lowest BCUT2D eigenvalue weighted by atomic mass is 10.1. The maximum absolute atomic E-state index is 13.7. The summed E-state index contributed by atoms with van der Waals surface area (Å²) in [5.41, 5.74) is 5.34. The van der Waals surface area contributed by atoms with Gasteiger partial charge in [-0.1, -0.05) is 0 Å². The number of nitrogens with two attached hydrogens (primary N) is 1. The Morgan fingerprint density at radius 1 is 1.29 bits per heavy atom. The zero-order valence-electron chi connectivity index (χ0n) is 16.9. The third kappa shape index (κ3) is 6.14. The molecule has 11 heteroatoms. The summed E-state index contributed by atoms with van der Waals surface area (Å²) in [6.07, 6.45) is -3.78. The Morgan fingerprint density at radius 2 is 2.03 bits per heavy atom. The maximum Gasteiger partial charge on any atom is 0.265 e. The van der Waals surface area contributed by atoms with Crippen molar-refractivity contribution in [1.82, 2.24) is 4.90 Å². The number of morpholine rings is 1. The second-order valence-corrected chi connectivity index (χ2v) is 7.70. The monoisotopic (exact) mass is 446 g/mol. The lowest BCUT2D eigenvalue weighted by molar-refractivity contribution is -0.125. The molecule has 3 N–H and O–H groups in total. The van der Waals surface area contributed by atoms with Gasteiger partial charge in [0, 0.05) is 36.6 Å². The Balaban J connectivity index is 1.78. The van der Waals surface area contributed by atoms with Gasteiger partial charge in [0.2, 0.25) is 5.91 Å². The number of carbonyl (C=O) groups is 2. The van der Waals surface area contributed by atoms with Gasteiger partial charge in [-0.25, -0.2) is 17.6 Å². The molecule has 1 aliphatic carbocycles. The second-order valence-electron chi connectivity index (χ2n) is 7.70. The zero-order valence-corrected chi connectivity index (χ0v) is 16.9. The Labute approximate surface area is 177 Å². The van der Waals surface area contributed by atoms with Crippen molar-refractivity contribution in [2.75, 3.05) is 49.6 Å². The van der Waals surface area contributed by atoms with E-state index in [9.17, 15) is 27.2 Å². The predicted molar refractivity (Wildman–Crippen MR) is 106 cm³/mol. The molecule has 0 bridgehead atoms. The van der Waals surface area contributed by atoms with Gasteiger partial charge in [-0.15, -0.1) is 0 Å². The number of amides is 2. The number of hydrogen-bond donors (Lipinski definition) is 2. The van der Waals surface area contributed by atoms with Crippen molar-refractivity contribution in [3.8, 4) is 0 Å². The summed E-state index contributed by atoms with van der Waals surface area (Å²) in [5, 5.41) is 2.42. The van der Waals surface area contributed by atoms with E-state index in [0.717, 1.165) is 18.9 Å². The number of halogens is 4. The first-order valence-corrected chi connectivity index (χ1v) is 10.1. The lowest BCUT2D eigenvalue weighted by Crippen LogP contribution is -2.51. The normalized spacial score (nSPS) is 18.2. The van der Waals surface area contributed by atoms with Crippen LogP contribution in [-0.4, -0.2) is 68.6 Å². The number of rotatable bonds is 10. The molecule has 31 heavy (non-hydrogen) atoms. The highest BCUT2D eigenvalue weighted by molar-refractivity contribution is 5.97. The molecule has 1 saturated heterocycles. The number of benzene rings is 1. The summed E-state index contributed by atoms with van der Waals surface area (Å²) in [4.78, 5) is 27.4. The molecule has 2 aliphatic rings. The molecule has 1 aromatic rings. The fraction of sp³-hybridized carbons (Fsp3) is 0.600. The van der Waals surface area contributed by atoms with E-state index in [2.05, 4.69) is 5.32 Å². The zero-order chi connectivity index (χ0) is 22.5. The van der Waals surface area contributed by atoms with E-state index in [0.29, 0.717) is 6.54 Å². The van der Waals surface area contributed by atoms with Gasteiger partial charge in [-0.05, 0) is 37.0 Å². The highest BCUT2D eigenvalue weighted by atomic mass is 19.3. The summed E-state index contributed by atoms with van der Waals surface area (Å²) in [5.74, 6) is -0.836. The van der Waals surface area contributed by atoms with Gasteiger partial charge in [0.15, 0.2) is 0 Å². The van der Waals surface area contributed by atoms with Crippen LogP contribution in [0.5, 0.6) is 0 Å². The first-order valence-electron chi connectivity index (χ1n) is 10.1. The van der Waals surface area contributed by atoms with E-state index in [1.807, 2.05) is 0 Å². The van der Waals surface area contributed by atoms with Crippen molar-refractivity contribution >= 4 is 23.2 Å². The maximum atomic E-state index is 13.7. The molecule has 0 unspecified atom stereocenters. The summed E-state index contributed by atoms with van der Waals surface area (Å²) in [6, 6.07) is 2.80. The van der Waals surface area contributed by atoms with E-state index >= 15 is 0 Å². The Bertz CT molecular complexity index is 788. The van der Waals surface area contributed by atoms with Crippen LogP contribution in [0.2, 0.25) is 0 Å². The van der Waals surface area contributed by atoms with Crippen LogP contribution >= 0.6 is 0 Å². The van der Waals surface area contributed by atoms with Crippen LogP contribution in [0.15, 0.2) is 18.2 Å². The molecule has 3 rings (SSSR count). The first kappa shape index (κ1) is 23.4. The fourth-order valence-electron chi connectivity index (χ4n) is 3.58. The summed E-state index contributed by atoms with van der Waals surface area (Å²) in [6.45, 7) is -0.165. The number of alkyl halides is 4. The predicted octanol–water partition coefficient (Wildman–Crippen LogP) is 2.23. The minimum atomic E-state index is -2.92. The number of hydrogen-bond acceptors (Lipinski definition) is 5. The Hall–Kier alpha value is -2.24. The number of nitrogens with zero attached hydrogens (tertiary/aromatic N) is 2. The van der Waals surface area contributed by atoms with Crippen LogP contribution in [0.1, 0.15) is 24.8 Å². The topological polar surface area (TPSA) is 87.9 Å². The summed E-state index contributed by atoms with van der Waals surface area (Å²) < 4.78 is 58.5. The molecule has 2 fully saturated rings. The van der Waals surface area contributed by atoms with Crippen LogP contribution in [0.4, 0.5) is 28.9 Å². The van der Waals surface area contributed by atoms with Gasteiger partial charge in [0.1, 0.15) is 12.6 Å². The van der Waals surface area contributed by atoms with E-state index in [1.54, 1.807) is 0 Å². The van der Waals surface area contributed by atoms with Crippen LogP contribution in [0.3, 0.4) is 0 Å². The highest BCUT2D eigenvalue weighted by Gasteiger charge is 2.33. The molecule has 0 radical (unpaired) electrons. The molecule has 1 heterocycles. The molecule has 1 saturated carbocycles. The molecular formula is C20H26F4N4O3. The van der Waals surface area contributed by atoms with Crippen LogP contribution < -0.4 is 16.0 Å². The Morgan fingerprint density at radius 3 is 2.61 bits per heavy atom. The standard InChI is InChI=1S/C20H26F4N4O3/c21-17(22)10-27(9-12-1-2-12)16(8-25)20(30)26-15-4-3-13(7-14(15)19(23)24)28-5-6-31-11-18(28)29/h3-4,7,12,16-17,19H,1-2,5-6,8-11,25H2,(H,26,30)/t16-/m0/s1. The largest absolute Gasteiger partial charge is 0.370 e. The highest BCUT2D eigenvalue weighted by Crippen LogP contribution is 2.33. The number of carbonyl (C=O) groups excluding carboxylic acids is 2. The molecule has 172 valence electrons. The van der Waals surface area contributed by atoms with Crippen LogP contribution in [0, 0.1) is 5.92 Å². The summed E-state index contributed by atoms with van der Waals surface area (Å²) >= 11 is 0. The number of anilines is 2. The molecular weight excluding hydrogens is 420 g/mol. The smallest absolute Gasteiger partial charge is 0.265 e. The van der Waals surface area contributed by atoms with E-state index in [4.69, 9.17) is 10.5 Å². The van der Waals surface area contributed by atoms with Crippen molar-refractivity contribution in [3.05, 3.63) is 23.8 Å². The minimum Gasteiger partial charge on any atom is -0.370 e. The van der Waals surface area contributed by atoms with Gasteiger partial charge >= 0.3 is 0 Å². The van der Waals surface area contributed by atoms with E-state index < -0.39 is 36.9 Å². The van der Waals surface area contributed by atoms with E-state index in [-0.39, 0.29) is 49.5 Å². The second kappa shape index (κ2) is 10.4. The molecule has 0 spiro atoms. The van der Waals surface area contributed by atoms with Crippen molar-refractivity contribution in [2.24, 2.45) is 11.7 Å². The number of ether oxygens (including phenoxy) is 1. The lowest BCUT2D eigenvalue weighted by Gasteiger charge is -2.30. The average molecular weight is 446 g/mol. The minimum absolute atomic E-state index is 0.137. The van der Waals surface area contributed by atoms with E-state index in [1.165, 1.54) is 21.9 Å². The third-order valence-electron chi connectivity index (χ3n) is 5.35. The number of nitrogens with one attached hydrogen (secondary N) is 1. The molecule has 0 aromatic heterocycles. The molecule has 1 aliphatic heterocycles.